The van der Waals surface area contributed by atoms with Crippen LogP contribution in [0.2, 0.25) is 0 Å². The van der Waals surface area contributed by atoms with Gasteiger partial charge >= 0.3 is 0 Å². The van der Waals surface area contributed by atoms with E-state index in [9.17, 15) is 13.2 Å². The first-order valence-corrected chi connectivity index (χ1v) is 7.65. The Labute approximate surface area is 110 Å². The minimum absolute atomic E-state index is 0.0435. The fourth-order valence-corrected chi connectivity index (χ4v) is 2.64. The molecule has 0 unspecified atom stereocenters. The van der Waals surface area contributed by atoms with Gasteiger partial charge in [-0.1, -0.05) is 0 Å². The Kier molecular flexibility index (Phi) is 3.25. The average molecular weight is 290 g/mol. The average Bonchev–Trinajstić information content (AvgIpc) is 2.26. The van der Waals surface area contributed by atoms with E-state index in [1.807, 2.05) is 13.8 Å². The molecule has 1 aromatic carbocycles. The number of amides is 1. The van der Waals surface area contributed by atoms with E-state index < -0.39 is 9.05 Å². The van der Waals surface area contributed by atoms with Crippen molar-refractivity contribution in [3.63, 3.8) is 0 Å². The molecule has 0 saturated carbocycles. The monoisotopic (exact) mass is 289 g/mol. The lowest BCUT2D eigenvalue weighted by Gasteiger charge is -2.32. The molecule has 0 saturated heterocycles. The fraction of sp³-hybridized carbons (Fsp3) is 0.364. The molecule has 1 aliphatic rings. The summed E-state index contributed by atoms with van der Waals surface area (Å²) in [6.45, 7) is 3.64. The highest BCUT2D eigenvalue weighted by Gasteiger charge is 2.29. The Balaban J connectivity index is 2.59. The van der Waals surface area contributed by atoms with Gasteiger partial charge in [0.2, 0.25) is 0 Å². The third kappa shape index (κ3) is 2.30. The van der Waals surface area contributed by atoms with Crippen LogP contribution in [0.1, 0.15) is 13.8 Å². The van der Waals surface area contributed by atoms with Crippen molar-refractivity contribution < 1.29 is 17.9 Å². The van der Waals surface area contributed by atoms with Crippen molar-refractivity contribution in [2.24, 2.45) is 0 Å². The van der Waals surface area contributed by atoms with Gasteiger partial charge < -0.3 is 9.64 Å². The second-order valence-electron chi connectivity index (χ2n) is 4.21. The Hall–Kier alpha value is -1.27. The van der Waals surface area contributed by atoms with E-state index >= 15 is 0 Å². The van der Waals surface area contributed by atoms with Crippen molar-refractivity contribution in [2.75, 3.05) is 11.5 Å². The number of ether oxygens (including phenoxy) is 1. The number of halogens is 1. The van der Waals surface area contributed by atoms with Crippen LogP contribution in [0.15, 0.2) is 23.1 Å². The van der Waals surface area contributed by atoms with Gasteiger partial charge in [-0.25, -0.2) is 8.42 Å². The van der Waals surface area contributed by atoms with Crippen LogP contribution in [-0.4, -0.2) is 27.0 Å². The van der Waals surface area contributed by atoms with E-state index in [1.54, 1.807) is 0 Å². The van der Waals surface area contributed by atoms with Crippen molar-refractivity contribution in [1.29, 1.82) is 0 Å². The highest BCUT2D eigenvalue weighted by atomic mass is 35.7. The molecule has 2 rings (SSSR count). The molecule has 1 aromatic rings. The zero-order chi connectivity index (χ0) is 13.5. The Morgan fingerprint density at radius 1 is 1.39 bits per heavy atom. The Morgan fingerprint density at radius 3 is 2.61 bits per heavy atom. The zero-order valence-electron chi connectivity index (χ0n) is 9.88. The number of nitrogens with zero attached hydrogens (tertiary/aromatic N) is 1. The first kappa shape index (κ1) is 13.2. The lowest BCUT2D eigenvalue weighted by atomic mass is 10.2. The lowest BCUT2D eigenvalue weighted by Crippen LogP contribution is -2.43. The van der Waals surface area contributed by atoms with Gasteiger partial charge in [0.1, 0.15) is 5.75 Å². The summed E-state index contributed by atoms with van der Waals surface area (Å²) in [7, 11) is 1.47. The van der Waals surface area contributed by atoms with Gasteiger partial charge in [0.25, 0.3) is 15.0 Å². The highest BCUT2D eigenvalue weighted by Crippen LogP contribution is 2.35. The SMILES string of the molecule is CC(C)N1C(=O)COc2ccc(S(=O)(=O)Cl)cc21. The maximum absolute atomic E-state index is 11.8. The molecular formula is C11H12ClNO4S. The van der Waals surface area contributed by atoms with E-state index in [0.717, 1.165) is 0 Å². The van der Waals surface area contributed by atoms with Crippen LogP contribution in [0.25, 0.3) is 0 Å². The predicted octanol–water partition coefficient (Wildman–Crippen LogP) is 1.75. The normalized spacial score (nSPS) is 15.6. The van der Waals surface area contributed by atoms with E-state index in [1.165, 1.54) is 23.1 Å². The molecule has 0 aromatic heterocycles. The quantitative estimate of drug-likeness (QED) is 0.778. The van der Waals surface area contributed by atoms with E-state index in [4.69, 9.17) is 15.4 Å². The van der Waals surface area contributed by atoms with Gasteiger partial charge in [-0.05, 0) is 32.0 Å². The van der Waals surface area contributed by atoms with Crippen LogP contribution in [0.3, 0.4) is 0 Å². The second kappa shape index (κ2) is 4.44. The van der Waals surface area contributed by atoms with E-state index in [2.05, 4.69) is 0 Å². The molecule has 0 spiro atoms. The van der Waals surface area contributed by atoms with Crippen molar-refractivity contribution in [3.8, 4) is 5.75 Å². The van der Waals surface area contributed by atoms with Gasteiger partial charge in [-0.2, -0.15) is 0 Å². The topological polar surface area (TPSA) is 63.7 Å². The molecule has 1 amide bonds. The van der Waals surface area contributed by atoms with E-state index in [-0.39, 0.29) is 23.5 Å². The van der Waals surface area contributed by atoms with Crippen LogP contribution in [-0.2, 0) is 13.8 Å². The molecule has 0 atom stereocenters. The van der Waals surface area contributed by atoms with E-state index in [0.29, 0.717) is 11.4 Å². The van der Waals surface area contributed by atoms with Crippen molar-refractivity contribution in [1.82, 2.24) is 0 Å². The molecular weight excluding hydrogens is 278 g/mol. The summed E-state index contributed by atoms with van der Waals surface area (Å²) < 4.78 is 27.9. The molecule has 0 fully saturated rings. The summed E-state index contributed by atoms with van der Waals surface area (Å²) >= 11 is 0. The van der Waals surface area contributed by atoms with Gasteiger partial charge in [0.15, 0.2) is 6.61 Å². The van der Waals surface area contributed by atoms with Crippen LogP contribution in [0.4, 0.5) is 5.69 Å². The number of carbonyl (C=O) groups is 1. The standard InChI is InChI=1S/C11H12ClNO4S/c1-7(2)13-9-5-8(18(12,15)16)3-4-10(9)17-6-11(13)14/h3-5,7H,6H2,1-2H3. The maximum atomic E-state index is 11.8. The summed E-state index contributed by atoms with van der Waals surface area (Å²) in [5, 5.41) is 0. The minimum Gasteiger partial charge on any atom is -0.482 e. The molecule has 1 heterocycles. The lowest BCUT2D eigenvalue weighted by molar-refractivity contribution is -0.121. The van der Waals surface area contributed by atoms with Crippen molar-refractivity contribution >= 4 is 31.3 Å². The third-order valence-corrected chi connectivity index (χ3v) is 3.96. The van der Waals surface area contributed by atoms with Crippen LogP contribution in [0, 0.1) is 0 Å². The van der Waals surface area contributed by atoms with Crippen molar-refractivity contribution in [3.05, 3.63) is 18.2 Å². The first-order chi connectivity index (χ1) is 8.30. The molecule has 5 nitrogen and oxygen atoms in total. The molecule has 0 N–H and O–H groups in total. The van der Waals surface area contributed by atoms with Crippen LogP contribution in [0.5, 0.6) is 5.75 Å². The second-order valence-corrected chi connectivity index (χ2v) is 6.78. The van der Waals surface area contributed by atoms with Gasteiger partial charge in [-0.15, -0.1) is 0 Å². The number of anilines is 1. The van der Waals surface area contributed by atoms with Gasteiger partial charge in [-0.3, -0.25) is 4.79 Å². The summed E-state index contributed by atoms with van der Waals surface area (Å²) in [5.41, 5.74) is 0.433. The summed E-state index contributed by atoms with van der Waals surface area (Å²) in [4.78, 5) is 13.2. The van der Waals surface area contributed by atoms with Crippen molar-refractivity contribution in [2.45, 2.75) is 24.8 Å². The van der Waals surface area contributed by atoms with Crippen LogP contribution < -0.4 is 9.64 Å². The van der Waals surface area contributed by atoms with Gasteiger partial charge in [0, 0.05) is 16.7 Å². The number of carbonyl (C=O) groups excluding carboxylic acids is 1. The number of hydrogen-bond acceptors (Lipinski definition) is 4. The third-order valence-electron chi connectivity index (χ3n) is 2.61. The van der Waals surface area contributed by atoms with Gasteiger partial charge in [0.05, 0.1) is 10.6 Å². The highest BCUT2D eigenvalue weighted by molar-refractivity contribution is 8.13. The number of hydrogen-bond donors (Lipinski definition) is 0. The molecule has 18 heavy (non-hydrogen) atoms. The molecule has 98 valence electrons. The molecule has 0 bridgehead atoms. The molecule has 0 radical (unpaired) electrons. The maximum Gasteiger partial charge on any atom is 0.265 e. The summed E-state index contributed by atoms with van der Waals surface area (Å²) in [6, 6.07) is 4.13. The smallest absolute Gasteiger partial charge is 0.265 e. The Morgan fingerprint density at radius 2 is 2.06 bits per heavy atom. The fourth-order valence-electron chi connectivity index (χ4n) is 1.87. The predicted molar refractivity (Wildman–Crippen MR) is 67.6 cm³/mol. The number of fused-ring (bicyclic) bond motifs is 1. The first-order valence-electron chi connectivity index (χ1n) is 5.34. The largest absolute Gasteiger partial charge is 0.482 e. The number of rotatable bonds is 2. The summed E-state index contributed by atoms with van der Waals surface area (Å²) in [5.74, 6) is 0.272. The molecule has 1 aliphatic heterocycles. The zero-order valence-corrected chi connectivity index (χ0v) is 11.5. The minimum atomic E-state index is -3.82. The number of benzene rings is 1. The Bertz CT molecular complexity index is 597. The molecule has 0 aliphatic carbocycles. The van der Waals surface area contributed by atoms with Crippen LogP contribution >= 0.6 is 10.7 Å². The summed E-state index contributed by atoms with van der Waals surface area (Å²) in [6.07, 6.45) is 0. The molecule has 7 heteroatoms.